The zero-order valence-electron chi connectivity index (χ0n) is 14.5. The first-order valence-corrected chi connectivity index (χ1v) is 9.50. The van der Waals surface area contributed by atoms with Crippen molar-refractivity contribution >= 4 is 27.5 Å². The van der Waals surface area contributed by atoms with Gasteiger partial charge in [0, 0.05) is 19.1 Å². The van der Waals surface area contributed by atoms with Crippen LogP contribution in [0.1, 0.15) is 24.8 Å². The van der Waals surface area contributed by atoms with Crippen LogP contribution in [0.4, 0.5) is 0 Å². The highest BCUT2D eigenvalue weighted by atomic mass is 32.1. The molecule has 1 aliphatic heterocycles. The maximum absolute atomic E-state index is 12.3. The van der Waals surface area contributed by atoms with Gasteiger partial charge in [-0.15, -0.1) is 11.3 Å². The van der Waals surface area contributed by atoms with E-state index in [1.165, 1.54) is 4.70 Å². The number of amides is 1. The highest BCUT2D eigenvalue weighted by Gasteiger charge is 2.20. The quantitative estimate of drug-likeness (QED) is 0.872. The lowest BCUT2D eigenvalue weighted by atomic mass is 10.1. The van der Waals surface area contributed by atoms with Crippen LogP contribution in [0.5, 0.6) is 0 Å². The molecule has 0 atom stereocenters. The number of fused-ring (bicyclic) bond motifs is 1. The van der Waals surface area contributed by atoms with E-state index < -0.39 is 0 Å². The van der Waals surface area contributed by atoms with Crippen molar-refractivity contribution in [2.24, 2.45) is 0 Å². The number of hydrogen-bond acceptors (Lipinski definition) is 5. The predicted octanol–water partition coefficient (Wildman–Crippen LogP) is 2.33. The van der Waals surface area contributed by atoms with E-state index in [1.54, 1.807) is 11.3 Å². The largest absolute Gasteiger partial charge is 0.352 e. The van der Waals surface area contributed by atoms with E-state index in [0.29, 0.717) is 19.1 Å². The van der Waals surface area contributed by atoms with E-state index >= 15 is 0 Å². The monoisotopic (exact) mass is 346 g/mol. The van der Waals surface area contributed by atoms with Crippen LogP contribution in [0.25, 0.3) is 10.2 Å². The average molecular weight is 347 g/mol. The number of thiazole rings is 1. The summed E-state index contributed by atoms with van der Waals surface area (Å²) >= 11 is 1.70. The number of nitrogens with zero attached hydrogens (tertiary/aromatic N) is 3. The topological polar surface area (TPSA) is 48.5 Å². The van der Waals surface area contributed by atoms with E-state index in [4.69, 9.17) is 0 Å². The summed E-state index contributed by atoms with van der Waals surface area (Å²) in [5.74, 6) is 0.119. The summed E-state index contributed by atoms with van der Waals surface area (Å²) in [6, 6.07) is 8.49. The number of piperidine rings is 1. The van der Waals surface area contributed by atoms with Gasteiger partial charge in [-0.3, -0.25) is 9.69 Å². The fourth-order valence-electron chi connectivity index (χ4n) is 3.19. The van der Waals surface area contributed by atoms with Gasteiger partial charge in [0.05, 0.1) is 23.3 Å². The van der Waals surface area contributed by atoms with Gasteiger partial charge in [0.1, 0.15) is 5.01 Å². The van der Waals surface area contributed by atoms with Crippen LogP contribution >= 0.6 is 11.3 Å². The van der Waals surface area contributed by atoms with Gasteiger partial charge >= 0.3 is 0 Å². The minimum absolute atomic E-state index is 0.119. The molecule has 1 N–H and O–H groups in total. The fraction of sp³-hybridized carbons (Fsp3) is 0.556. The van der Waals surface area contributed by atoms with Gasteiger partial charge < -0.3 is 10.2 Å². The minimum Gasteiger partial charge on any atom is -0.352 e. The number of benzene rings is 1. The van der Waals surface area contributed by atoms with Crippen LogP contribution in [0.15, 0.2) is 24.3 Å². The van der Waals surface area contributed by atoms with Crippen molar-refractivity contribution in [1.29, 1.82) is 0 Å². The highest BCUT2D eigenvalue weighted by Crippen LogP contribution is 2.22. The van der Waals surface area contributed by atoms with Crippen molar-refractivity contribution in [3.63, 3.8) is 0 Å². The first-order chi connectivity index (χ1) is 11.6. The minimum atomic E-state index is 0.119. The number of likely N-dealkylation sites (tertiary alicyclic amines) is 1. The van der Waals surface area contributed by atoms with Crippen LogP contribution in [-0.2, 0) is 11.3 Å². The Kier molecular flexibility index (Phi) is 5.81. The lowest BCUT2D eigenvalue weighted by molar-refractivity contribution is -0.123. The lowest BCUT2D eigenvalue weighted by Crippen LogP contribution is -2.46. The Hall–Kier alpha value is -1.50. The molecule has 0 bridgehead atoms. The molecule has 5 nitrogen and oxygen atoms in total. The molecular weight excluding hydrogens is 320 g/mol. The Morgan fingerprint density at radius 3 is 2.83 bits per heavy atom. The number of nitrogens with one attached hydrogen (secondary N) is 1. The van der Waals surface area contributed by atoms with Crippen molar-refractivity contribution in [2.75, 3.05) is 33.2 Å². The molecule has 0 unspecified atom stereocenters. The Morgan fingerprint density at radius 2 is 2.12 bits per heavy atom. The zero-order chi connectivity index (χ0) is 16.9. The second kappa shape index (κ2) is 8.05. The molecule has 0 aliphatic carbocycles. The number of carbonyl (C=O) groups excluding carboxylic acids is 1. The Bertz CT molecular complexity index is 645. The molecule has 2 aromatic rings. The Morgan fingerprint density at radius 1 is 1.38 bits per heavy atom. The van der Waals surface area contributed by atoms with Gasteiger partial charge in [0.2, 0.25) is 5.91 Å². The van der Waals surface area contributed by atoms with Crippen LogP contribution in [-0.4, -0.2) is 60.0 Å². The van der Waals surface area contributed by atoms with E-state index in [2.05, 4.69) is 28.2 Å². The zero-order valence-corrected chi connectivity index (χ0v) is 15.3. The molecule has 1 aliphatic rings. The standard InChI is InChI=1S/C18H26N4OS/c1-3-22-10-8-14(9-11-22)19-17(23)12-21(2)13-18-20-15-6-4-5-7-16(15)24-18/h4-7,14H,3,8-13H2,1-2H3,(H,19,23). The number of hydrogen-bond donors (Lipinski definition) is 1. The summed E-state index contributed by atoms with van der Waals surface area (Å²) in [5.41, 5.74) is 1.04. The van der Waals surface area contributed by atoms with E-state index in [-0.39, 0.29) is 5.91 Å². The number of aromatic nitrogens is 1. The molecule has 3 rings (SSSR count). The molecule has 1 amide bonds. The molecule has 24 heavy (non-hydrogen) atoms. The van der Waals surface area contributed by atoms with Crippen molar-refractivity contribution < 1.29 is 4.79 Å². The summed E-state index contributed by atoms with van der Waals surface area (Å²) in [4.78, 5) is 21.4. The second-order valence-corrected chi connectivity index (χ2v) is 7.64. The van der Waals surface area contributed by atoms with Crippen molar-refractivity contribution in [1.82, 2.24) is 20.1 Å². The molecule has 130 valence electrons. The first-order valence-electron chi connectivity index (χ1n) is 8.68. The molecule has 1 fully saturated rings. The molecule has 1 aromatic carbocycles. The van der Waals surface area contributed by atoms with Crippen LogP contribution in [0.2, 0.25) is 0 Å². The van der Waals surface area contributed by atoms with Crippen LogP contribution in [0.3, 0.4) is 0 Å². The normalized spacial score (nSPS) is 16.8. The first kappa shape index (κ1) is 17.3. The smallest absolute Gasteiger partial charge is 0.234 e. The van der Waals surface area contributed by atoms with Gasteiger partial charge in [-0.25, -0.2) is 4.98 Å². The maximum atomic E-state index is 12.3. The molecule has 2 heterocycles. The third-order valence-electron chi connectivity index (χ3n) is 4.56. The summed E-state index contributed by atoms with van der Waals surface area (Å²) in [6.07, 6.45) is 2.11. The van der Waals surface area contributed by atoms with Crippen LogP contribution < -0.4 is 5.32 Å². The van der Waals surface area contributed by atoms with Crippen LogP contribution in [0, 0.1) is 0 Å². The SMILES string of the molecule is CCN1CCC(NC(=O)CN(C)Cc2nc3ccccc3s2)CC1. The Balaban J connectivity index is 1.46. The van der Waals surface area contributed by atoms with Gasteiger partial charge in [0.25, 0.3) is 0 Å². The van der Waals surface area contributed by atoms with Gasteiger partial charge in [-0.05, 0) is 38.6 Å². The van der Waals surface area contributed by atoms with Crippen molar-refractivity contribution in [2.45, 2.75) is 32.4 Å². The summed E-state index contributed by atoms with van der Waals surface area (Å²) in [7, 11) is 1.98. The predicted molar refractivity (Wildman–Crippen MR) is 99.2 cm³/mol. The molecule has 1 saturated heterocycles. The lowest BCUT2D eigenvalue weighted by Gasteiger charge is -2.31. The molecule has 0 spiro atoms. The van der Waals surface area contributed by atoms with Gasteiger partial charge in [0.15, 0.2) is 0 Å². The molecular formula is C18H26N4OS. The fourth-order valence-corrected chi connectivity index (χ4v) is 4.23. The van der Waals surface area contributed by atoms with E-state index in [1.807, 2.05) is 30.1 Å². The molecule has 6 heteroatoms. The number of para-hydroxylation sites is 1. The molecule has 1 aromatic heterocycles. The summed E-state index contributed by atoms with van der Waals surface area (Å²) in [6.45, 7) is 6.60. The van der Waals surface area contributed by atoms with Gasteiger partial charge in [-0.2, -0.15) is 0 Å². The number of likely N-dealkylation sites (N-methyl/N-ethyl adjacent to an activating group) is 1. The van der Waals surface area contributed by atoms with Gasteiger partial charge in [-0.1, -0.05) is 19.1 Å². The second-order valence-electron chi connectivity index (χ2n) is 6.52. The number of carbonyl (C=O) groups is 1. The summed E-state index contributed by atoms with van der Waals surface area (Å²) < 4.78 is 1.20. The average Bonchev–Trinajstić information content (AvgIpc) is 2.97. The summed E-state index contributed by atoms with van der Waals surface area (Å²) in [5, 5.41) is 4.24. The third-order valence-corrected chi connectivity index (χ3v) is 5.58. The Labute approximate surface area is 147 Å². The van der Waals surface area contributed by atoms with Crippen molar-refractivity contribution in [3.8, 4) is 0 Å². The number of rotatable bonds is 6. The maximum Gasteiger partial charge on any atom is 0.234 e. The van der Waals surface area contributed by atoms with E-state index in [0.717, 1.165) is 43.0 Å². The highest BCUT2D eigenvalue weighted by molar-refractivity contribution is 7.18. The third kappa shape index (κ3) is 4.53. The molecule has 0 saturated carbocycles. The van der Waals surface area contributed by atoms with E-state index in [9.17, 15) is 4.79 Å². The van der Waals surface area contributed by atoms with Crippen molar-refractivity contribution in [3.05, 3.63) is 29.3 Å². The molecule has 0 radical (unpaired) electrons.